The summed E-state index contributed by atoms with van der Waals surface area (Å²) in [5, 5.41) is 15.0. The maximum atomic E-state index is 13.0. The van der Waals surface area contributed by atoms with Gasteiger partial charge in [-0.1, -0.05) is 25.7 Å². The van der Waals surface area contributed by atoms with E-state index >= 15 is 0 Å². The van der Waals surface area contributed by atoms with Crippen molar-refractivity contribution in [2.75, 3.05) is 31.1 Å². The van der Waals surface area contributed by atoms with Crippen LogP contribution in [0.3, 0.4) is 0 Å². The van der Waals surface area contributed by atoms with Crippen LogP contribution in [-0.4, -0.2) is 55.8 Å². The molecule has 0 aromatic heterocycles. The van der Waals surface area contributed by atoms with Crippen LogP contribution in [0.1, 0.15) is 64.2 Å². The van der Waals surface area contributed by atoms with E-state index in [0.717, 1.165) is 44.9 Å². The van der Waals surface area contributed by atoms with E-state index in [1.165, 1.54) is 22.9 Å². The smallest absolute Gasteiger partial charge is 0.293 e. The molecule has 4 rings (SSSR count). The van der Waals surface area contributed by atoms with Crippen LogP contribution in [-0.2, 0) is 14.8 Å². The molecule has 1 aromatic carbocycles. The number of anilines is 1. The van der Waals surface area contributed by atoms with E-state index in [-0.39, 0.29) is 28.4 Å². The minimum atomic E-state index is -3.74. The molecule has 182 valence electrons. The van der Waals surface area contributed by atoms with Crippen LogP contribution < -0.4 is 10.2 Å². The molecule has 10 heteroatoms. The number of nitrogens with zero attached hydrogens (tertiary/aromatic N) is 3. The van der Waals surface area contributed by atoms with Crippen molar-refractivity contribution in [1.82, 2.24) is 9.62 Å². The summed E-state index contributed by atoms with van der Waals surface area (Å²) < 4.78 is 27.4. The molecule has 0 unspecified atom stereocenters. The molecule has 33 heavy (non-hydrogen) atoms. The summed E-state index contributed by atoms with van der Waals surface area (Å²) in [6.07, 6.45) is 9.41. The fourth-order valence-corrected chi connectivity index (χ4v) is 6.82. The first kappa shape index (κ1) is 23.9. The van der Waals surface area contributed by atoms with Gasteiger partial charge in [0.15, 0.2) is 0 Å². The highest BCUT2D eigenvalue weighted by Crippen LogP contribution is 2.34. The summed E-state index contributed by atoms with van der Waals surface area (Å²) in [5.41, 5.74) is 0.257. The standard InChI is InChI=1S/C23H34N4O5S/c28-23(18-7-3-1-4-8-18)24-19-11-15-25(16-12-19)21-10-9-20(17-22(21)27(29)30)33(31,32)26-13-5-2-6-14-26/h9-10,17-19H,1-8,11-16H2,(H,24,28). The zero-order chi connectivity index (χ0) is 23.4. The zero-order valence-electron chi connectivity index (χ0n) is 19.1. The van der Waals surface area contributed by atoms with Crippen molar-refractivity contribution >= 4 is 27.3 Å². The predicted molar refractivity (Wildman–Crippen MR) is 126 cm³/mol. The van der Waals surface area contributed by atoms with Gasteiger partial charge in [0.1, 0.15) is 5.69 Å². The first-order valence-electron chi connectivity index (χ1n) is 12.2. The summed E-state index contributed by atoms with van der Waals surface area (Å²) in [6.45, 7) is 2.07. The monoisotopic (exact) mass is 478 g/mol. The predicted octanol–water partition coefficient (Wildman–Crippen LogP) is 3.43. The van der Waals surface area contributed by atoms with Crippen molar-refractivity contribution in [1.29, 1.82) is 0 Å². The molecule has 2 aliphatic heterocycles. The lowest BCUT2D eigenvalue weighted by molar-refractivity contribution is -0.384. The molecule has 3 aliphatic rings. The van der Waals surface area contributed by atoms with Crippen molar-refractivity contribution < 1.29 is 18.1 Å². The average molecular weight is 479 g/mol. The van der Waals surface area contributed by atoms with Crippen molar-refractivity contribution in [2.45, 2.75) is 75.1 Å². The van der Waals surface area contributed by atoms with E-state index in [1.807, 2.05) is 4.90 Å². The Labute approximate surface area is 195 Å². The Morgan fingerprint density at radius 1 is 0.939 bits per heavy atom. The number of piperidine rings is 2. The summed E-state index contributed by atoms with van der Waals surface area (Å²) in [5.74, 6) is 0.263. The van der Waals surface area contributed by atoms with Gasteiger partial charge in [0.25, 0.3) is 5.69 Å². The lowest BCUT2D eigenvalue weighted by Crippen LogP contribution is -2.46. The van der Waals surface area contributed by atoms with Crippen LogP contribution in [0.5, 0.6) is 0 Å². The second-order valence-electron chi connectivity index (χ2n) is 9.48. The Balaban J connectivity index is 1.42. The highest BCUT2D eigenvalue weighted by atomic mass is 32.2. The highest BCUT2D eigenvalue weighted by molar-refractivity contribution is 7.89. The fraction of sp³-hybridized carbons (Fsp3) is 0.696. The molecule has 0 spiro atoms. The molecule has 0 atom stereocenters. The number of nitrogens with one attached hydrogen (secondary N) is 1. The lowest BCUT2D eigenvalue weighted by atomic mass is 9.88. The Bertz CT molecular complexity index is 963. The van der Waals surface area contributed by atoms with Crippen molar-refractivity contribution in [3.63, 3.8) is 0 Å². The number of carbonyl (C=O) groups is 1. The SMILES string of the molecule is O=C(NC1CCN(c2ccc(S(=O)(=O)N3CCCCC3)cc2[N+](=O)[O-])CC1)C1CCCCC1. The minimum absolute atomic E-state index is 0.0190. The number of benzene rings is 1. The Kier molecular flexibility index (Phi) is 7.53. The number of amides is 1. The Morgan fingerprint density at radius 3 is 2.21 bits per heavy atom. The second-order valence-corrected chi connectivity index (χ2v) is 11.4. The number of carbonyl (C=O) groups excluding carboxylic acids is 1. The van der Waals surface area contributed by atoms with Gasteiger partial charge in [0.05, 0.1) is 9.82 Å². The third-order valence-corrected chi connectivity index (χ3v) is 9.15. The molecule has 2 heterocycles. The summed E-state index contributed by atoms with van der Waals surface area (Å²) >= 11 is 0. The van der Waals surface area contributed by atoms with Gasteiger partial charge in [-0.3, -0.25) is 14.9 Å². The van der Waals surface area contributed by atoms with Crippen LogP contribution >= 0.6 is 0 Å². The third kappa shape index (κ3) is 5.48. The van der Waals surface area contributed by atoms with Crippen LogP contribution in [0.15, 0.2) is 23.1 Å². The van der Waals surface area contributed by atoms with E-state index in [9.17, 15) is 23.3 Å². The van der Waals surface area contributed by atoms with E-state index in [1.54, 1.807) is 6.07 Å². The summed E-state index contributed by atoms with van der Waals surface area (Å²) in [4.78, 5) is 25.8. The van der Waals surface area contributed by atoms with Crippen LogP contribution in [0.2, 0.25) is 0 Å². The van der Waals surface area contributed by atoms with Crippen molar-refractivity contribution in [3.8, 4) is 0 Å². The van der Waals surface area contributed by atoms with Crippen LogP contribution in [0.25, 0.3) is 0 Å². The van der Waals surface area contributed by atoms with Crippen molar-refractivity contribution in [3.05, 3.63) is 28.3 Å². The molecule has 1 aromatic rings. The average Bonchev–Trinajstić information content (AvgIpc) is 2.85. The number of nitro benzene ring substituents is 1. The molecule has 1 N–H and O–H groups in total. The molecule has 9 nitrogen and oxygen atoms in total. The van der Waals surface area contributed by atoms with Gasteiger partial charge < -0.3 is 10.2 Å². The molecule has 1 amide bonds. The number of sulfonamides is 1. The molecule has 1 saturated carbocycles. The first-order chi connectivity index (χ1) is 15.9. The largest absolute Gasteiger partial charge is 0.366 e. The van der Waals surface area contributed by atoms with Gasteiger partial charge in [0.2, 0.25) is 15.9 Å². The number of hydrogen-bond acceptors (Lipinski definition) is 6. The molecule has 2 saturated heterocycles. The van der Waals surface area contributed by atoms with Gasteiger partial charge in [0, 0.05) is 44.2 Å². The van der Waals surface area contributed by atoms with Gasteiger partial charge in [-0.2, -0.15) is 4.31 Å². The fourth-order valence-electron chi connectivity index (χ4n) is 5.28. The Morgan fingerprint density at radius 2 is 1.58 bits per heavy atom. The molecule has 0 bridgehead atoms. The third-order valence-electron chi connectivity index (χ3n) is 7.25. The molecule has 0 radical (unpaired) electrons. The summed E-state index contributed by atoms with van der Waals surface area (Å²) in [7, 11) is -3.74. The number of hydrogen-bond donors (Lipinski definition) is 1. The quantitative estimate of drug-likeness (QED) is 0.495. The molecular weight excluding hydrogens is 444 g/mol. The minimum Gasteiger partial charge on any atom is -0.366 e. The molecule has 3 fully saturated rings. The van der Waals surface area contributed by atoms with Gasteiger partial charge in [-0.25, -0.2) is 8.42 Å². The second kappa shape index (κ2) is 10.4. The molecular formula is C23H34N4O5S. The van der Waals surface area contributed by atoms with Gasteiger partial charge in [-0.05, 0) is 50.7 Å². The maximum absolute atomic E-state index is 13.0. The van der Waals surface area contributed by atoms with Gasteiger partial charge >= 0.3 is 0 Å². The Hall–Kier alpha value is -2.20. The zero-order valence-corrected chi connectivity index (χ0v) is 19.9. The van der Waals surface area contributed by atoms with E-state index in [2.05, 4.69) is 5.32 Å². The summed E-state index contributed by atoms with van der Waals surface area (Å²) in [6, 6.07) is 4.34. The van der Waals surface area contributed by atoms with Crippen molar-refractivity contribution in [2.24, 2.45) is 5.92 Å². The van der Waals surface area contributed by atoms with Gasteiger partial charge in [-0.15, -0.1) is 0 Å². The van der Waals surface area contributed by atoms with E-state index in [4.69, 9.17) is 0 Å². The maximum Gasteiger partial charge on any atom is 0.293 e. The number of nitro groups is 1. The first-order valence-corrected chi connectivity index (χ1v) is 13.6. The number of rotatable bonds is 6. The van der Waals surface area contributed by atoms with Crippen LogP contribution in [0, 0.1) is 16.0 Å². The normalized spacial score (nSPS) is 21.6. The topological polar surface area (TPSA) is 113 Å². The lowest BCUT2D eigenvalue weighted by Gasteiger charge is -2.34. The highest BCUT2D eigenvalue weighted by Gasteiger charge is 2.31. The van der Waals surface area contributed by atoms with Crippen LogP contribution in [0.4, 0.5) is 11.4 Å². The van der Waals surface area contributed by atoms with E-state index < -0.39 is 14.9 Å². The molecule has 1 aliphatic carbocycles. The van der Waals surface area contributed by atoms with E-state index in [0.29, 0.717) is 44.7 Å².